The van der Waals surface area contributed by atoms with Gasteiger partial charge in [0.25, 0.3) is 0 Å². The quantitative estimate of drug-likeness (QED) is 0.600. The number of aryl methyl sites for hydroxylation is 2. The molecule has 152 valence electrons. The van der Waals surface area contributed by atoms with E-state index in [1.165, 1.54) is 18.2 Å². The van der Waals surface area contributed by atoms with Crippen molar-refractivity contribution in [2.75, 3.05) is 5.32 Å². The van der Waals surface area contributed by atoms with Crippen LogP contribution in [0, 0.1) is 12.7 Å². The molecule has 0 bridgehead atoms. The maximum absolute atomic E-state index is 13.6. The minimum atomic E-state index is -4.82. The van der Waals surface area contributed by atoms with Gasteiger partial charge in [-0.3, -0.25) is 4.79 Å². The molecule has 3 aromatic rings. The van der Waals surface area contributed by atoms with Crippen molar-refractivity contribution in [3.05, 3.63) is 59.7 Å². The van der Waals surface area contributed by atoms with E-state index in [1.807, 2.05) is 0 Å². The number of halogens is 4. The molecule has 1 heterocycles. The van der Waals surface area contributed by atoms with E-state index in [-0.39, 0.29) is 30.2 Å². The van der Waals surface area contributed by atoms with Gasteiger partial charge in [0, 0.05) is 30.2 Å². The molecule has 2 aromatic carbocycles. The molecule has 0 unspecified atom stereocenters. The number of ether oxygens (including phenoxy) is 1. The molecular weight excluding hydrogens is 394 g/mol. The maximum atomic E-state index is 13.6. The molecular formula is C19H15F4N3O3. The second kappa shape index (κ2) is 8.29. The van der Waals surface area contributed by atoms with Gasteiger partial charge in [-0.1, -0.05) is 23.4 Å². The van der Waals surface area contributed by atoms with Gasteiger partial charge in [0.1, 0.15) is 11.6 Å². The smallest absolute Gasteiger partial charge is 0.406 e. The Balaban J connectivity index is 1.57. The summed E-state index contributed by atoms with van der Waals surface area (Å²) in [6.45, 7) is 1.63. The number of alkyl halides is 3. The highest BCUT2D eigenvalue weighted by atomic mass is 19.4. The molecule has 0 spiro atoms. The first-order valence-electron chi connectivity index (χ1n) is 8.44. The van der Waals surface area contributed by atoms with Crippen LogP contribution in [0.5, 0.6) is 5.75 Å². The number of aromatic nitrogens is 2. The van der Waals surface area contributed by atoms with E-state index in [0.29, 0.717) is 11.1 Å². The second-order valence-corrected chi connectivity index (χ2v) is 6.10. The number of nitrogens with one attached hydrogen (secondary N) is 1. The van der Waals surface area contributed by atoms with Gasteiger partial charge in [-0.15, -0.1) is 13.2 Å². The summed E-state index contributed by atoms with van der Waals surface area (Å²) >= 11 is 0. The summed E-state index contributed by atoms with van der Waals surface area (Å²) in [6, 6.07) is 9.45. The van der Waals surface area contributed by atoms with Gasteiger partial charge in [0.05, 0.1) is 0 Å². The van der Waals surface area contributed by atoms with Crippen LogP contribution >= 0.6 is 0 Å². The minimum absolute atomic E-state index is 0.0474. The number of carbonyl (C=O) groups excluding carboxylic acids is 1. The topological polar surface area (TPSA) is 77.2 Å². The highest BCUT2D eigenvalue weighted by molar-refractivity contribution is 5.90. The van der Waals surface area contributed by atoms with Crippen LogP contribution in [0.3, 0.4) is 0 Å². The number of hydrogen-bond acceptors (Lipinski definition) is 5. The van der Waals surface area contributed by atoms with Crippen molar-refractivity contribution in [3.8, 4) is 17.1 Å². The largest absolute Gasteiger partial charge is 0.573 e. The molecule has 10 heteroatoms. The Morgan fingerprint density at radius 1 is 1.21 bits per heavy atom. The Labute approximate surface area is 162 Å². The van der Waals surface area contributed by atoms with E-state index in [1.54, 1.807) is 19.1 Å². The van der Waals surface area contributed by atoms with Crippen molar-refractivity contribution >= 4 is 11.6 Å². The first kappa shape index (κ1) is 20.3. The zero-order valence-corrected chi connectivity index (χ0v) is 15.1. The zero-order chi connectivity index (χ0) is 21.0. The predicted octanol–water partition coefficient (Wildman–Crippen LogP) is 4.65. The molecule has 3 rings (SSSR count). The van der Waals surface area contributed by atoms with E-state index in [4.69, 9.17) is 4.52 Å². The lowest BCUT2D eigenvalue weighted by molar-refractivity contribution is -0.274. The van der Waals surface area contributed by atoms with Crippen LogP contribution in [0.15, 0.2) is 47.0 Å². The van der Waals surface area contributed by atoms with Gasteiger partial charge in [-0.25, -0.2) is 4.39 Å². The van der Waals surface area contributed by atoms with Gasteiger partial charge in [0.15, 0.2) is 0 Å². The minimum Gasteiger partial charge on any atom is -0.406 e. The number of nitrogens with zero attached hydrogens (tertiary/aromatic N) is 2. The summed E-state index contributed by atoms with van der Waals surface area (Å²) < 4.78 is 59.3. The first-order valence-corrected chi connectivity index (χ1v) is 8.44. The molecule has 0 aliphatic heterocycles. The summed E-state index contributed by atoms with van der Waals surface area (Å²) in [5, 5.41) is 6.22. The van der Waals surface area contributed by atoms with Crippen LogP contribution in [0.2, 0.25) is 0 Å². The van der Waals surface area contributed by atoms with Crippen LogP contribution in [-0.4, -0.2) is 22.4 Å². The molecule has 1 aromatic heterocycles. The van der Waals surface area contributed by atoms with Gasteiger partial charge >= 0.3 is 6.36 Å². The van der Waals surface area contributed by atoms with Crippen molar-refractivity contribution in [1.29, 1.82) is 0 Å². The summed E-state index contributed by atoms with van der Waals surface area (Å²) in [7, 11) is 0. The lowest BCUT2D eigenvalue weighted by Crippen LogP contribution is -2.17. The van der Waals surface area contributed by atoms with Crippen molar-refractivity contribution in [2.45, 2.75) is 26.1 Å². The third-order valence-electron chi connectivity index (χ3n) is 3.82. The fourth-order valence-electron chi connectivity index (χ4n) is 2.42. The summed E-state index contributed by atoms with van der Waals surface area (Å²) in [6.07, 6.45) is -4.77. The molecule has 0 fully saturated rings. The molecule has 0 aliphatic rings. The van der Waals surface area contributed by atoms with E-state index in [0.717, 1.165) is 12.1 Å². The molecule has 0 atom stereocenters. The number of hydrogen-bond donors (Lipinski definition) is 1. The van der Waals surface area contributed by atoms with Crippen molar-refractivity contribution < 1.29 is 31.6 Å². The number of carbonyl (C=O) groups is 1. The van der Waals surface area contributed by atoms with Gasteiger partial charge in [0.2, 0.25) is 17.6 Å². The summed E-state index contributed by atoms with van der Waals surface area (Å²) in [4.78, 5) is 16.1. The highest BCUT2D eigenvalue weighted by Gasteiger charge is 2.31. The van der Waals surface area contributed by atoms with Crippen LogP contribution in [-0.2, 0) is 11.2 Å². The Bertz CT molecular complexity index is 1020. The molecule has 1 amide bonds. The van der Waals surface area contributed by atoms with Crippen molar-refractivity contribution in [1.82, 2.24) is 10.1 Å². The van der Waals surface area contributed by atoms with E-state index in [2.05, 4.69) is 20.2 Å². The first-order chi connectivity index (χ1) is 13.7. The highest BCUT2D eigenvalue weighted by Crippen LogP contribution is 2.25. The van der Waals surface area contributed by atoms with Gasteiger partial charge in [-0.2, -0.15) is 4.98 Å². The Hall–Kier alpha value is -3.43. The third-order valence-corrected chi connectivity index (χ3v) is 3.82. The van der Waals surface area contributed by atoms with Crippen LogP contribution in [0.25, 0.3) is 11.4 Å². The standard InChI is InChI=1S/C19H15F4N3O3/c1-11-5-6-12(9-15(11)20)18-25-17(29-26-18)8-7-16(27)24-13-3-2-4-14(10-13)28-19(21,22)23/h2-6,9-10H,7-8H2,1H3,(H,24,27). The number of rotatable bonds is 6. The van der Waals surface area contributed by atoms with Crippen LogP contribution in [0.4, 0.5) is 23.2 Å². The van der Waals surface area contributed by atoms with Crippen molar-refractivity contribution in [3.63, 3.8) is 0 Å². The molecule has 1 N–H and O–H groups in total. The fraction of sp³-hybridized carbons (Fsp3) is 0.211. The number of amides is 1. The van der Waals surface area contributed by atoms with Gasteiger partial charge in [-0.05, 0) is 30.7 Å². The number of anilines is 1. The van der Waals surface area contributed by atoms with E-state index >= 15 is 0 Å². The normalized spacial score (nSPS) is 11.3. The molecule has 0 saturated carbocycles. The average molecular weight is 409 g/mol. The Morgan fingerprint density at radius 3 is 2.72 bits per heavy atom. The average Bonchev–Trinajstić information content (AvgIpc) is 3.10. The molecule has 0 aliphatic carbocycles. The van der Waals surface area contributed by atoms with Crippen molar-refractivity contribution in [2.24, 2.45) is 0 Å². The Morgan fingerprint density at radius 2 is 2.00 bits per heavy atom. The lowest BCUT2D eigenvalue weighted by Gasteiger charge is -2.10. The molecule has 0 radical (unpaired) electrons. The molecule has 29 heavy (non-hydrogen) atoms. The summed E-state index contributed by atoms with van der Waals surface area (Å²) in [5.74, 6) is -0.941. The third kappa shape index (κ3) is 5.77. The predicted molar refractivity (Wildman–Crippen MR) is 94.5 cm³/mol. The number of benzene rings is 2. The summed E-state index contributed by atoms with van der Waals surface area (Å²) in [5.41, 5.74) is 1.07. The molecule has 6 nitrogen and oxygen atoms in total. The molecule has 0 saturated heterocycles. The lowest BCUT2D eigenvalue weighted by atomic mass is 10.1. The van der Waals surface area contributed by atoms with Crippen LogP contribution < -0.4 is 10.1 Å². The monoisotopic (exact) mass is 409 g/mol. The Kier molecular flexibility index (Phi) is 5.81. The van der Waals surface area contributed by atoms with E-state index in [9.17, 15) is 22.4 Å². The SMILES string of the molecule is Cc1ccc(-c2noc(CCC(=O)Nc3cccc(OC(F)(F)F)c3)n2)cc1F. The second-order valence-electron chi connectivity index (χ2n) is 6.10. The van der Waals surface area contributed by atoms with E-state index < -0.39 is 23.8 Å². The maximum Gasteiger partial charge on any atom is 0.573 e. The zero-order valence-electron chi connectivity index (χ0n) is 15.1. The van der Waals surface area contributed by atoms with Gasteiger partial charge < -0.3 is 14.6 Å². The fourth-order valence-corrected chi connectivity index (χ4v) is 2.42. The van der Waals surface area contributed by atoms with Crippen LogP contribution in [0.1, 0.15) is 17.9 Å².